The first-order valence-corrected chi connectivity index (χ1v) is 6.26. The van der Waals surface area contributed by atoms with E-state index < -0.39 is 23.7 Å². The number of amides is 1. The summed E-state index contributed by atoms with van der Waals surface area (Å²) in [6.07, 6.45) is -0.607. The van der Waals surface area contributed by atoms with Crippen molar-refractivity contribution in [2.24, 2.45) is 0 Å². The highest BCUT2D eigenvalue weighted by Gasteiger charge is 2.24. The van der Waals surface area contributed by atoms with Gasteiger partial charge in [-0.3, -0.25) is 0 Å². The normalized spacial score (nSPS) is 13.6. The molecule has 5 nitrogen and oxygen atoms in total. The fraction of sp³-hybridized carbons (Fsp3) is 0.500. The van der Waals surface area contributed by atoms with Crippen LogP contribution in [0.4, 0.5) is 4.79 Å². The van der Waals surface area contributed by atoms with Crippen LogP contribution in [0.5, 0.6) is 0 Å². The lowest BCUT2D eigenvalue weighted by Gasteiger charge is -2.21. The van der Waals surface area contributed by atoms with Gasteiger partial charge in [-0.15, -0.1) is 11.3 Å². The van der Waals surface area contributed by atoms with Gasteiger partial charge < -0.3 is 15.2 Å². The van der Waals surface area contributed by atoms with Gasteiger partial charge in [-0.1, -0.05) is 6.07 Å². The van der Waals surface area contributed by atoms with Crippen LogP contribution >= 0.6 is 11.3 Å². The molecule has 1 rings (SSSR count). The van der Waals surface area contributed by atoms with Crippen LogP contribution in [0.1, 0.15) is 27.0 Å². The van der Waals surface area contributed by atoms with Crippen LogP contribution in [0.25, 0.3) is 0 Å². The van der Waals surface area contributed by atoms with E-state index in [2.05, 4.69) is 5.32 Å². The Bertz CT molecular complexity index is 433. The molecule has 18 heavy (non-hydrogen) atoms. The Hall–Kier alpha value is -1.56. The molecular formula is C12H17NO4S. The third-order valence-corrected chi connectivity index (χ3v) is 2.84. The topological polar surface area (TPSA) is 75.6 Å². The highest BCUT2D eigenvalue weighted by Crippen LogP contribution is 2.12. The third-order valence-electron chi connectivity index (χ3n) is 1.94. The van der Waals surface area contributed by atoms with Gasteiger partial charge in [0, 0.05) is 12.7 Å². The zero-order valence-electron chi connectivity index (χ0n) is 11.3. The summed E-state index contributed by atoms with van der Waals surface area (Å²) in [5.74, 6) is -1.12. The van der Waals surface area contributed by atoms with E-state index >= 15 is 0 Å². The SMILES string of the molecule is [2H]CC(C)(C)OC(=O)N[C@@H](Cc1cccs1)C(=O)O. The molecule has 100 valence electrons. The van der Waals surface area contributed by atoms with Crippen molar-refractivity contribution < 1.29 is 20.8 Å². The van der Waals surface area contributed by atoms with Gasteiger partial charge in [0.2, 0.25) is 0 Å². The average molecular weight is 272 g/mol. The smallest absolute Gasteiger partial charge is 0.408 e. The van der Waals surface area contributed by atoms with Crippen LogP contribution < -0.4 is 5.32 Å². The molecule has 0 spiro atoms. The van der Waals surface area contributed by atoms with E-state index in [1.165, 1.54) is 11.3 Å². The summed E-state index contributed by atoms with van der Waals surface area (Å²) in [5.41, 5.74) is -0.934. The maximum Gasteiger partial charge on any atom is 0.408 e. The molecule has 0 fully saturated rings. The van der Waals surface area contributed by atoms with Gasteiger partial charge in [-0.05, 0) is 32.2 Å². The van der Waals surface area contributed by atoms with Crippen molar-refractivity contribution in [1.82, 2.24) is 5.32 Å². The minimum absolute atomic E-state index is 0.0942. The van der Waals surface area contributed by atoms with E-state index in [9.17, 15) is 9.59 Å². The van der Waals surface area contributed by atoms with Crippen LogP contribution in [0.15, 0.2) is 17.5 Å². The summed E-state index contributed by atoms with van der Waals surface area (Å²) in [5, 5.41) is 13.2. The van der Waals surface area contributed by atoms with Gasteiger partial charge in [0.15, 0.2) is 0 Å². The molecule has 0 saturated carbocycles. The molecule has 0 aliphatic heterocycles. The first kappa shape index (κ1) is 12.9. The third kappa shape index (κ3) is 5.18. The molecule has 0 unspecified atom stereocenters. The fourth-order valence-corrected chi connectivity index (χ4v) is 2.00. The zero-order valence-corrected chi connectivity index (χ0v) is 11.1. The van der Waals surface area contributed by atoms with Crippen molar-refractivity contribution >= 4 is 23.4 Å². The Morgan fingerprint density at radius 1 is 1.67 bits per heavy atom. The second-order valence-corrected chi connectivity index (χ2v) is 5.50. The van der Waals surface area contributed by atoms with Crippen molar-refractivity contribution in [1.29, 1.82) is 0 Å². The van der Waals surface area contributed by atoms with Crippen LogP contribution in [0, 0.1) is 0 Å². The number of carboxylic acids is 1. The van der Waals surface area contributed by atoms with Crippen LogP contribution in [-0.4, -0.2) is 28.8 Å². The Morgan fingerprint density at radius 3 is 2.89 bits per heavy atom. The number of hydrogen-bond donors (Lipinski definition) is 2. The highest BCUT2D eigenvalue weighted by molar-refractivity contribution is 7.09. The molecular weight excluding hydrogens is 254 g/mol. The van der Waals surface area contributed by atoms with Gasteiger partial charge in [-0.25, -0.2) is 9.59 Å². The van der Waals surface area contributed by atoms with Crippen molar-refractivity contribution in [3.8, 4) is 0 Å². The largest absolute Gasteiger partial charge is 0.480 e. The Labute approximate surface area is 111 Å². The van der Waals surface area contributed by atoms with E-state index in [4.69, 9.17) is 11.2 Å². The number of alkyl carbamates (subject to hydrolysis) is 1. The summed E-state index contributed by atoms with van der Waals surface area (Å²) in [4.78, 5) is 23.5. The maximum atomic E-state index is 11.6. The summed E-state index contributed by atoms with van der Waals surface area (Å²) < 4.78 is 12.2. The molecule has 1 heterocycles. The minimum Gasteiger partial charge on any atom is -0.480 e. The highest BCUT2D eigenvalue weighted by atomic mass is 32.1. The quantitative estimate of drug-likeness (QED) is 0.881. The number of nitrogens with one attached hydrogen (secondary N) is 1. The van der Waals surface area contributed by atoms with Gasteiger partial charge in [0.1, 0.15) is 11.6 Å². The number of carboxylic acid groups (broad SMARTS) is 1. The second-order valence-electron chi connectivity index (χ2n) is 4.47. The van der Waals surface area contributed by atoms with E-state index in [-0.39, 0.29) is 13.3 Å². The molecule has 0 bridgehead atoms. The molecule has 0 saturated heterocycles. The predicted octanol–water partition coefficient (Wildman–Crippen LogP) is 2.27. The molecule has 1 atom stereocenters. The van der Waals surface area contributed by atoms with Crippen molar-refractivity contribution in [2.75, 3.05) is 0 Å². The monoisotopic (exact) mass is 272 g/mol. The van der Waals surface area contributed by atoms with E-state index in [0.29, 0.717) is 0 Å². The van der Waals surface area contributed by atoms with Crippen molar-refractivity contribution in [2.45, 2.75) is 38.8 Å². The van der Waals surface area contributed by atoms with Crippen LogP contribution in [0.3, 0.4) is 0 Å². The fourth-order valence-electron chi connectivity index (χ4n) is 1.25. The summed E-state index contributed by atoms with van der Waals surface area (Å²) in [6.45, 7) is 3.09. The average Bonchev–Trinajstić information content (AvgIpc) is 2.80. The number of thiophene rings is 1. The number of aliphatic carboxylic acids is 1. The van der Waals surface area contributed by atoms with Gasteiger partial charge in [0.05, 0.1) is 0 Å². The van der Waals surface area contributed by atoms with Gasteiger partial charge in [0.25, 0.3) is 0 Å². The molecule has 0 aliphatic carbocycles. The lowest BCUT2D eigenvalue weighted by Crippen LogP contribution is -2.44. The maximum absolute atomic E-state index is 11.6. The molecule has 1 amide bonds. The van der Waals surface area contributed by atoms with E-state index in [0.717, 1.165) is 4.88 Å². The number of hydrogen-bond acceptors (Lipinski definition) is 4. The molecule has 1 aromatic heterocycles. The molecule has 1 aromatic rings. The van der Waals surface area contributed by atoms with Crippen molar-refractivity contribution in [3.05, 3.63) is 22.4 Å². The summed E-state index contributed by atoms with van der Waals surface area (Å²) in [6, 6.07) is 2.59. The Morgan fingerprint density at radius 2 is 2.39 bits per heavy atom. The van der Waals surface area contributed by atoms with Gasteiger partial charge >= 0.3 is 12.1 Å². The number of carbonyl (C=O) groups excluding carboxylic acids is 1. The zero-order chi connectivity index (χ0) is 14.5. The lowest BCUT2D eigenvalue weighted by atomic mass is 10.2. The molecule has 0 radical (unpaired) electrons. The molecule has 6 heteroatoms. The number of rotatable bonds is 4. The first-order chi connectivity index (χ1) is 8.84. The number of ether oxygens (including phenoxy) is 1. The lowest BCUT2D eigenvalue weighted by molar-refractivity contribution is -0.139. The Kier molecular flexibility index (Phi) is 4.19. The first-order valence-electron chi connectivity index (χ1n) is 6.09. The second kappa shape index (κ2) is 5.86. The Balaban J connectivity index is 2.59. The van der Waals surface area contributed by atoms with Crippen LogP contribution in [-0.2, 0) is 16.0 Å². The van der Waals surface area contributed by atoms with Crippen LogP contribution in [0.2, 0.25) is 0 Å². The predicted molar refractivity (Wildman–Crippen MR) is 68.8 cm³/mol. The molecule has 2 N–H and O–H groups in total. The van der Waals surface area contributed by atoms with Gasteiger partial charge in [-0.2, -0.15) is 0 Å². The molecule has 0 aliphatic rings. The summed E-state index contributed by atoms with van der Waals surface area (Å²) >= 11 is 1.43. The number of carbonyl (C=O) groups is 2. The van der Waals surface area contributed by atoms with E-state index in [1.807, 2.05) is 11.4 Å². The van der Waals surface area contributed by atoms with Crippen molar-refractivity contribution in [3.63, 3.8) is 0 Å². The van der Waals surface area contributed by atoms with E-state index in [1.54, 1.807) is 19.9 Å². The molecule has 0 aromatic carbocycles. The standard InChI is InChI=1S/C12H17NO4S/c1-12(2,3)17-11(16)13-9(10(14)15)7-8-5-4-6-18-8/h4-6,9H,7H2,1-3H3,(H,13,16)(H,14,15)/t9-/m0/s1/i1D. The minimum atomic E-state index is -1.12. The summed E-state index contributed by atoms with van der Waals surface area (Å²) in [7, 11) is 0.